The van der Waals surface area contributed by atoms with Gasteiger partial charge in [-0.05, 0) is 19.3 Å². The van der Waals surface area contributed by atoms with Crippen molar-refractivity contribution < 1.29 is 9.53 Å². The number of carbonyl (C=O) groups excluding carboxylic acids is 1. The fourth-order valence-corrected chi connectivity index (χ4v) is 5.52. The second-order valence-electron chi connectivity index (χ2n) is 11.3. The Bertz CT molecular complexity index is 405. The number of unbranched alkanes of at least 4 members (excludes halogenated alkanes) is 15. The summed E-state index contributed by atoms with van der Waals surface area (Å²) in [6.07, 6.45) is 37.5. The van der Waals surface area contributed by atoms with Crippen LogP contribution in [0.15, 0.2) is 0 Å². The maximum atomic E-state index is 12.6. The Morgan fingerprint density at radius 3 is 1.21 bits per heavy atom. The van der Waals surface area contributed by atoms with Gasteiger partial charge in [0.25, 0.3) is 0 Å². The lowest BCUT2D eigenvalue weighted by Crippen LogP contribution is -2.18. The number of hydrogen-bond donors (Lipinski definition) is 0. The maximum absolute atomic E-state index is 12.6. The Hall–Kier alpha value is -0.530. The van der Waals surface area contributed by atoms with Crippen molar-refractivity contribution in [1.82, 2.24) is 0 Å². The molecule has 0 heterocycles. The van der Waals surface area contributed by atoms with Gasteiger partial charge >= 0.3 is 5.97 Å². The lowest BCUT2D eigenvalue weighted by molar-refractivity contribution is -0.149. The minimum Gasteiger partial charge on any atom is -0.465 e. The highest BCUT2D eigenvalue weighted by atomic mass is 16.5. The van der Waals surface area contributed by atoms with Gasteiger partial charge in [-0.1, -0.05) is 167 Å². The Morgan fingerprint density at radius 2 is 0.824 bits per heavy atom. The highest BCUT2D eigenvalue weighted by molar-refractivity contribution is 5.72. The standard InChI is InChI=1S/C32H62O2/c1-2-3-4-5-6-7-8-9-10-11-12-15-18-21-24-27-30-34-32(33)31-28-25-22-19-16-13-14-17-20-23-26-29-31/h31H,2-30H2,1H3. The molecule has 0 radical (unpaired) electrons. The third-order valence-electron chi connectivity index (χ3n) is 7.93. The molecule has 1 rings (SSSR count). The fraction of sp³-hybridized carbons (Fsp3) is 0.969. The van der Waals surface area contributed by atoms with E-state index in [2.05, 4.69) is 6.92 Å². The van der Waals surface area contributed by atoms with Gasteiger partial charge in [0.15, 0.2) is 0 Å². The molecule has 2 nitrogen and oxygen atoms in total. The third-order valence-corrected chi connectivity index (χ3v) is 7.93. The molecule has 1 aliphatic rings. The van der Waals surface area contributed by atoms with E-state index in [4.69, 9.17) is 4.74 Å². The highest BCUT2D eigenvalue weighted by Gasteiger charge is 2.19. The second kappa shape index (κ2) is 25.6. The topological polar surface area (TPSA) is 26.3 Å². The molecule has 202 valence electrons. The van der Waals surface area contributed by atoms with Crippen molar-refractivity contribution in [2.75, 3.05) is 6.61 Å². The molecule has 0 spiro atoms. The molecular weight excluding hydrogens is 416 g/mol. The zero-order valence-corrected chi connectivity index (χ0v) is 23.4. The summed E-state index contributed by atoms with van der Waals surface area (Å²) in [5.41, 5.74) is 0. The van der Waals surface area contributed by atoms with Crippen LogP contribution in [0.2, 0.25) is 0 Å². The van der Waals surface area contributed by atoms with Gasteiger partial charge in [0.05, 0.1) is 12.5 Å². The molecular formula is C32H62O2. The van der Waals surface area contributed by atoms with Crippen molar-refractivity contribution in [2.45, 2.75) is 187 Å². The predicted molar refractivity (Wildman–Crippen MR) is 149 cm³/mol. The van der Waals surface area contributed by atoms with Gasteiger partial charge in [0.2, 0.25) is 0 Å². The van der Waals surface area contributed by atoms with Crippen molar-refractivity contribution in [2.24, 2.45) is 5.92 Å². The second-order valence-corrected chi connectivity index (χ2v) is 11.3. The summed E-state index contributed by atoms with van der Waals surface area (Å²) in [6.45, 7) is 2.94. The molecule has 1 saturated carbocycles. The van der Waals surface area contributed by atoms with Gasteiger partial charge < -0.3 is 4.74 Å². The van der Waals surface area contributed by atoms with Crippen LogP contribution in [-0.4, -0.2) is 12.6 Å². The van der Waals surface area contributed by atoms with E-state index < -0.39 is 0 Å². The van der Waals surface area contributed by atoms with Gasteiger partial charge in [-0.3, -0.25) is 4.79 Å². The van der Waals surface area contributed by atoms with Gasteiger partial charge in [0.1, 0.15) is 0 Å². The minimum absolute atomic E-state index is 0.107. The summed E-state index contributed by atoms with van der Waals surface area (Å²) >= 11 is 0. The van der Waals surface area contributed by atoms with E-state index >= 15 is 0 Å². The average Bonchev–Trinajstić information content (AvgIpc) is 2.87. The molecule has 34 heavy (non-hydrogen) atoms. The molecule has 0 aliphatic heterocycles. The van der Waals surface area contributed by atoms with Crippen LogP contribution in [0.1, 0.15) is 187 Å². The quantitative estimate of drug-likeness (QED) is 0.145. The first-order valence-electron chi connectivity index (χ1n) is 16.0. The molecule has 0 amide bonds. The first kappa shape index (κ1) is 31.5. The van der Waals surface area contributed by atoms with E-state index in [0.717, 1.165) is 19.3 Å². The van der Waals surface area contributed by atoms with Gasteiger partial charge in [-0.15, -0.1) is 0 Å². The molecule has 0 saturated heterocycles. The van der Waals surface area contributed by atoms with Crippen molar-refractivity contribution in [3.05, 3.63) is 0 Å². The molecule has 0 bridgehead atoms. The summed E-state index contributed by atoms with van der Waals surface area (Å²) in [4.78, 5) is 12.6. The zero-order chi connectivity index (χ0) is 24.4. The Morgan fingerprint density at radius 1 is 0.500 bits per heavy atom. The monoisotopic (exact) mass is 478 g/mol. The highest BCUT2D eigenvalue weighted by Crippen LogP contribution is 2.22. The molecule has 0 aromatic rings. The third kappa shape index (κ3) is 20.8. The molecule has 2 heteroatoms. The largest absolute Gasteiger partial charge is 0.465 e. The summed E-state index contributed by atoms with van der Waals surface area (Å²) in [5, 5.41) is 0. The molecule has 0 aromatic carbocycles. The van der Waals surface area contributed by atoms with Crippen molar-refractivity contribution >= 4 is 5.97 Å². The normalized spacial score (nSPS) is 17.0. The van der Waals surface area contributed by atoms with Crippen molar-refractivity contribution in [3.63, 3.8) is 0 Å². The van der Waals surface area contributed by atoms with Crippen LogP contribution < -0.4 is 0 Å². The summed E-state index contributed by atoms with van der Waals surface area (Å²) < 4.78 is 5.71. The van der Waals surface area contributed by atoms with Crippen LogP contribution >= 0.6 is 0 Å². The fourth-order valence-electron chi connectivity index (χ4n) is 5.52. The number of ether oxygens (including phenoxy) is 1. The molecule has 0 unspecified atom stereocenters. The SMILES string of the molecule is CCCCCCCCCCCCCCCCCCOC(=O)C1CCCCCCCCCCCC1. The lowest BCUT2D eigenvalue weighted by Gasteiger charge is -2.16. The van der Waals surface area contributed by atoms with E-state index in [0.29, 0.717) is 6.61 Å². The predicted octanol–water partition coefficient (Wildman–Crippen LogP) is 11.1. The van der Waals surface area contributed by atoms with E-state index in [9.17, 15) is 4.79 Å². The van der Waals surface area contributed by atoms with Crippen LogP contribution in [0.5, 0.6) is 0 Å². The van der Waals surface area contributed by atoms with E-state index in [-0.39, 0.29) is 11.9 Å². The summed E-state index contributed by atoms with van der Waals surface area (Å²) in [7, 11) is 0. The number of hydrogen-bond acceptors (Lipinski definition) is 2. The van der Waals surface area contributed by atoms with Crippen molar-refractivity contribution in [3.8, 4) is 0 Å². The first-order valence-corrected chi connectivity index (χ1v) is 16.0. The Labute approximate surface area is 214 Å². The molecule has 0 aromatic heterocycles. The van der Waals surface area contributed by atoms with Crippen LogP contribution in [0.25, 0.3) is 0 Å². The van der Waals surface area contributed by atoms with E-state index in [1.54, 1.807) is 0 Å². The molecule has 1 fully saturated rings. The van der Waals surface area contributed by atoms with Gasteiger partial charge in [0, 0.05) is 0 Å². The average molecular weight is 479 g/mol. The smallest absolute Gasteiger partial charge is 0.308 e. The van der Waals surface area contributed by atoms with Crippen LogP contribution in [0, 0.1) is 5.92 Å². The van der Waals surface area contributed by atoms with Crippen LogP contribution in [0.4, 0.5) is 0 Å². The number of rotatable bonds is 18. The van der Waals surface area contributed by atoms with E-state index in [1.807, 2.05) is 0 Å². The minimum atomic E-state index is 0.107. The van der Waals surface area contributed by atoms with Crippen molar-refractivity contribution in [1.29, 1.82) is 0 Å². The van der Waals surface area contributed by atoms with Gasteiger partial charge in [-0.25, -0.2) is 0 Å². The number of esters is 1. The van der Waals surface area contributed by atoms with Crippen LogP contribution in [-0.2, 0) is 9.53 Å². The zero-order valence-electron chi connectivity index (χ0n) is 23.4. The summed E-state index contributed by atoms with van der Waals surface area (Å²) in [5.74, 6) is 0.276. The molecule has 0 atom stereocenters. The lowest BCUT2D eigenvalue weighted by atomic mass is 9.95. The Kier molecular flexibility index (Phi) is 23.7. The Balaban J connectivity index is 1.91. The van der Waals surface area contributed by atoms with Gasteiger partial charge in [-0.2, -0.15) is 0 Å². The molecule has 0 N–H and O–H groups in total. The van der Waals surface area contributed by atoms with E-state index in [1.165, 1.54) is 161 Å². The summed E-state index contributed by atoms with van der Waals surface area (Å²) in [6, 6.07) is 0. The maximum Gasteiger partial charge on any atom is 0.308 e. The molecule has 1 aliphatic carbocycles. The van der Waals surface area contributed by atoms with Crippen LogP contribution in [0.3, 0.4) is 0 Å². The number of carbonyl (C=O) groups is 1. The first-order chi connectivity index (χ1) is 16.8.